The highest BCUT2D eigenvalue weighted by Crippen LogP contribution is 2.28. The number of alkyl halides is 3. The van der Waals surface area contributed by atoms with Crippen LogP contribution in [0.3, 0.4) is 0 Å². The summed E-state index contributed by atoms with van der Waals surface area (Å²) in [5, 5.41) is 6.68. The Hall–Kier alpha value is -3.83. The van der Waals surface area contributed by atoms with Crippen molar-refractivity contribution in [3.63, 3.8) is 0 Å². The van der Waals surface area contributed by atoms with Crippen LogP contribution in [0.1, 0.15) is 25.2 Å². The molecular weight excluding hydrogens is 444 g/mol. The predicted octanol–water partition coefficient (Wildman–Crippen LogP) is 3.43. The minimum absolute atomic E-state index is 0.0803. The maximum Gasteiger partial charge on any atom is 0.433 e. The Morgan fingerprint density at radius 3 is 2.58 bits per heavy atom. The van der Waals surface area contributed by atoms with Crippen LogP contribution >= 0.6 is 0 Å². The number of nitrogens with zero attached hydrogens (tertiary/aromatic N) is 5. The average Bonchev–Trinajstić information content (AvgIpc) is 3.14. The first-order valence-electron chi connectivity index (χ1n) is 9.93. The third kappa shape index (κ3) is 4.54. The monoisotopic (exact) mass is 462 g/mol. The maximum absolute atomic E-state index is 13.2. The Morgan fingerprint density at radius 2 is 1.94 bits per heavy atom. The number of carbonyl (C=O) groups is 1. The lowest BCUT2D eigenvalue weighted by atomic mass is 10.1. The molecule has 4 rings (SSSR count). The Morgan fingerprint density at radius 1 is 1.18 bits per heavy atom. The second kappa shape index (κ2) is 8.26. The van der Waals surface area contributed by atoms with E-state index in [4.69, 9.17) is 0 Å². The SMILES string of the molecule is CC(C)Cc1cc2n(CC(=O)Nc3ccc(F)cn3)c(=O)c3ccc(C(F)(F)F)nc3n2n1. The zero-order valence-electron chi connectivity index (χ0n) is 17.5. The van der Waals surface area contributed by atoms with Crippen LogP contribution in [0.4, 0.5) is 23.4 Å². The van der Waals surface area contributed by atoms with Crippen molar-refractivity contribution in [2.24, 2.45) is 5.92 Å². The molecule has 0 aliphatic rings. The van der Waals surface area contributed by atoms with Gasteiger partial charge in [-0.1, -0.05) is 13.8 Å². The van der Waals surface area contributed by atoms with Gasteiger partial charge in [0.15, 0.2) is 5.65 Å². The van der Waals surface area contributed by atoms with Crippen LogP contribution in [0.25, 0.3) is 16.7 Å². The first kappa shape index (κ1) is 22.4. The molecule has 0 radical (unpaired) electrons. The van der Waals surface area contributed by atoms with E-state index in [1.54, 1.807) is 6.07 Å². The number of rotatable bonds is 5. The van der Waals surface area contributed by atoms with Crippen LogP contribution < -0.4 is 10.9 Å². The molecule has 4 aromatic heterocycles. The van der Waals surface area contributed by atoms with Gasteiger partial charge in [-0.2, -0.15) is 22.8 Å². The molecule has 0 aliphatic carbocycles. The van der Waals surface area contributed by atoms with Crippen molar-refractivity contribution in [2.45, 2.75) is 33.0 Å². The smallest absolute Gasteiger partial charge is 0.309 e. The lowest BCUT2D eigenvalue weighted by Gasteiger charge is -2.12. The summed E-state index contributed by atoms with van der Waals surface area (Å²) in [5.74, 6) is -0.947. The molecule has 12 heteroatoms. The van der Waals surface area contributed by atoms with E-state index in [2.05, 4.69) is 20.4 Å². The fourth-order valence-electron chi connectivity index (χ4n) is 3.40. The van der Waals surface area contributed by atoms with Gasteiger partial charge >= 0.3 is 6.18 Å². The molecule has 8 nitrogen and oxygen atoms in total. The zero-order valence-corrected chi connectivity index (χ0v) is 17.5. The van der Waals surface area contributed by atoms with Crippen LogP contribution in [0.5, 0.6) is 0 Å². The van der Waals surface area contributed by atoms with Gasteiger partial charge in [-0.3, -0.25) is 14.2 Å². The molecule has 0 saturated carbocycles. The van der Waals surface area contributed by atoms with Crippen LogP contribution in [0.2, 0.25) is 0 Å². The first-order chi connectivity index (χ1) is 15.5. The molecular formula is C21H18F4N6O2. The van der Waals surface area contributed by atoms with Crippen molar-refractivity contribution >= 4 is 28.4 Å². The summed E-state index contributed by atoms with van der Waals surface area (Å²) in [6.07, 6.45) is -3.28. The third-order valence-electron chi connectivity index (χ3n) is 4.77. The average molecular weight is 462 g/mol. The van der Waals surface area contributed by atoms with E-state index >= 15 is 0 Å². The summed E-state index contributed by atoms with van der Waals surface area (Å²) in [6.45, 7) is 3.42. The molecule has 0 aliphatic heterocycles. The number of hydrogen-bond donors (Lipinski definition) is 1. The Kier molecular flexibility index (Phi) is 5.60. The van der Waals surface area contributed by atoms with Gasteiger partial charge in [0.1, 0.15) is 29.5 Å². The lowest BCUT2D eigenvalue weighted by Crippen LogP contribution is -2.30. The predicted molar refractivity (Wildman–Crippen MR) is 111 cm³/mol. The van der Waals surface area contributed by atoms with Crippen LogP contribution in [-0.2, 0) is 23.9 Å². The van der Waals surface area contributed by atoms with E-state index in [1.165, 1.54) is 6.07 Å². The van der Waals surface area contributed by atoms with E-state index in [1.807, 2.05) is 13.8 Å². The van der Waals surface area contributed by atoms with Crippen molar-refractivity contribution in [3.8, 4) is 0 Å². The highest BCUT2D eigenvalue weighted by Gasteiger charge is 2.33. The topological polar surface area (TPSA) is 94.2 Å². The quantitative estimate of drug-likeness (QED) is 0.459. The zero-order chi connectivity index (χ0) is 23.9. The largest absolute Gasteiger partial charge is 0.433 e. The number of nitrogens with one attached hydrogen (secondary N) is 1. The van der Waals surface area contributed by atoms with Gasteiger partial charge in [0.05, 0.1) is 17.3 Å². The van der Waals surface area contributed by atoms with E-state index in [9.17, 15) is 27.2 Å². The molecule has 0 saturated heterocycles. The molecule has 0 bridgehead atoms. The Balaban J connectivity index is 1.84. The van der Waals surface area contributed by atoms with Gasteiger partial charge in [-0.15, -0.1) is 0 Å². The first-order valence-corrected chi connectivity index (χ1v) is 9.93. The molecule has 0 unspecified atom stereocenters. The van der Waals surface area contributed by atoms with E-state index in [0.29, 0.717) is 18.2 Å². The third-order valence-corrected chi connectivity index (χ3v) is 4.77. The van der Waals surface area contributed by atoms with Gasteiger partial charge in [-0.25, -0.2) is 14.4 Å². The normalized spacial score (nSPS) is 12.1. The van der Waals surface area contributed by atoms with Gasteiger partial charge in [0, 0.05) is 6.07 Å². The molecule has 0 fully saturated rings. The molecule has 0 atom stereocenters. The molecule has 33 heavy (non-hydrogen) atoms. The van der Waals surface area contributed by atoms with Gasteiger partial charge in [-0.05, 0) is 36.6 Å². The summed E-state index contributed by atoms with van der Waals surface area (Å²) >= 11 is 0. The van der Waals surface area contributed by atoms with E-state index in [0.717, 1.165) is 27.4 Å². The molecule has 1 amide bonds. The number of amides is 1. The van der Waals surface area contributed by atoms with Crippen molar-refractivity contribution < 1.29 is 22.4 Å². The minimum atomic E-state index is -4.70. The molecule has 0 aromatic carbocycles. The second-order valence-electron chi connectivity index (χ2n) is 7.87. The number of anilines is 1. The van der Waals surface area contributed by atoms with Crippen LogP contribution in [-0.4, -0.2) is 30.1 Å². The van der Waals surface area contributed by atoms with Crippen molar-refractivity contribution in [1.29, 1.82) is 0 Å². The van der Waals surface area contributed by atoms with Gasteiger partial charge in [0.2, 0.25) is 5.91 Å². The fraction of sp³-hybridized carbons (Fsp3) is 0.286. The standard InChI is InChI=1S/C21H18F4N6O2/c1-11(2)7-13-8-18-30(10-17(32)28-16-6-3-12(22)9-26-16)20(33)14-4-5-15(21(23,24)25)27-19(14)31(18)29-13/h3-6,8-9,11H,7,10H2,1-2H3,(H,26,28,32). The van der Waals surface area contributed by atoms with Crippen molar-refractivity contribution in [2.75, 3.05) is 5.32 Å². The summed E-state index contributed by atoms with van der Waals surface area (Å²) in [5.41, 5.74) is -1.45. The number of aromatic nitrogens is 5. The number of fused-ring (bicyclic) bond motifs is 3. The summed E-state index contributed by atoms with van der Waals surface area (Å²) < 4.78 is 54.9. The summed E-state index contributed by atoms with van der Waals surface area (Å²) in [4.78, 5) is 33.1. The number of halogens is 4. The van der Waals surface area contributed by atoms with Crippen molar-refractivity contribution in [1.82, 2.24) is 24.1 Å². The molecule has 4 heterocycles. The Bertz CT molecular complexity index is 1410. The molecule has 0 spiro atoms. The Labute approximate surface area is 183 Å². The van der Waals surface area contributed by atoms with E-state index in [-0.39, 0.29) is 28.4 Å². The highest BCUT2D eigenvalue weighted by molar-refractivity contribution is 5.90. The van der Waals surface area contributed by atoms with Gasteiger partial charge < -0.3 is 5.32 Å². The van der Waals surface area contributed by atoms with Crippen LogP contribution in [0.15, 0.2) is 41.3 Å². The van der Waals surface area contributed by atoms with Crippen LogP contribution in [0, 0.1) is 11.7 Å². The molecule has 1 N–H and O–H groups in total. The number of carbonyl (C=O) groups excluding carboxylic acids is 1. The minimum Gasteiger partial charge on any atom is -0.309 e. The molecule has 4 aromatic rings. The van der Waals surface area contributed by atoms with E-state index < -0.39 is 35.7 Å². The summed E-state index contributed by atoms with van der Waals surface area (Å²) in [6, 6.07) is 5.65. The van der Waals surface area contributed by atoms with Crippen molar-refractivity contribution in [3.05, 3.63) is 64.1 Å². The summed E-state index contributed by atoms with van der Waals surface area (Å²) in [7, 11) is 0. The number of hydrogen-bond acceptors (Lipinski definition) is 5. The van der Waals surface area contributed by atoms with Gasteiger partial charge in [0.25, 0.3) is 5.56 Å². The fourth-order valence-corrected chi connectivity index (χ4v) is 3.40. The maximum atomic E-state index is 13.2. The second-order valence-corrected chi connectivity index (χ2v) is 7.87. The lowest BCUT2D eigenvalue weighted by molar-refractivity contribution is -0.141. The number of pyridine rings is 2. The highest BCUT2D eigenvalue weighted by atomic mass is 19.4. The molecule has 172 valence electrons.